The lowest BCUT2D eigenvalue weighted by molar-refractivity contribution is 0.102. The number of aromatic nitrogens is 3. The zero-order chi connectivity index (χ0) is 17.8. The smallest absolute Gasteiger partial charge is 0.255 e. The van der Waals surface area contributed by atoms with Gasteiger partial charge in [-0.3, -0.25) is 4.79 Å². The Labute approximate surface area is 160 Å². The van der Waals surface area contributed by atoms with Gasteiger partial charge in [0, 0.05) is 22.8 Å². The van der Waals surface area contributed by atoms with Crippen LogP contribution in [0.25, 0.3) is 0 Å². The molecule has 0 radical (unpaired) electrons. The van der Waals surface area contributed by atoms with Crippen LogP contribution in [0, 0.1) is 0 Å². The summed E-state index contributed by atoms with van der Waals surface area (Å²) in [6.07, 6.45) is 3.17. The average molecular weight is 383 g/mol. The lowest BCUT2D eigenvalue weighted by Gasteiger charge is -2.12. The first-order valence-corrected chi connectivity index (χ1v) is 10.4. The van der Waals surface area contributed by atoms with Crippen LogP contribution < -0.4 is 5.32 Å². The van der Waals surface area contributed by atoms with E-state index in [0.717, 1.165) is 11.3 Å². The van der Waals surface area contributed by atoms with Gasteiger partial charge in [-0.15, -0.1) is 23.5 Å². The number of hydrogen-bond donors (Lipinski definition) is 1. The molecule has 5 nitrogen and oxygen atoms in total. The highest BCUT2D eigenvalue weighted by atomic mass is 32.2. The third-order valence-electron chi connectivity index (χ3n) is 4.13. The number of anilines is 1. The summed E-state index contributed by atoms with van der Waals surface area (Å²) in [5, 5.41) is 7.14. The van der Waals surface area contributed by atoms with Gasteiger partial charge < -0.3 is 5.32 Å². The van der Waals surface area contributed by atoms with Crippen LogP contribution in [0.3, 0.4) is 0 Å². The Morgan fingerprint density at radius 1 is 1.12 bits per heavy atom. The maximum atomic E-state index is 12.6. The number of carbonyl (C=O) groups excluding carboxylic acids is 1. The van der Waals surface area contributed by atoms with E-state index in [1.165, 1.54) is 23.4 Å². The molecule has 1 N–H and O–H groups in total. The number of rotatable bonds is 5. The molecule has 2 aromatic carbocycles. The number of benzene rings is 2. The van der Waals surface area contributed by atoms with E-state index in [1.807, 2.05) is 59.9 Å². The second kappa shape index (κ2) is 7.97. The zero-order valence-electron chi connectivity index (χ0n) is 14.0. The van der Waals surface area contributed by atoms with Crippen LogP contribution in [0.15, 0.2) is 61.2 Å². The third-order valence-corrected chi connectivity index (χ3v) is 7.24. The summed E-state index contributed by atoms with van der Waals surface area (Å²) in [4.78, 5) is 16.6. The lowest BCUT2D eigenvalue weighted by Crippen LogP contribution is -2.14. The summed E-state index contributed by atoms with van der Waals surface area (Å²) in [5.41, 5.74) is 3.72. The Morgan fingerprint density at radius 3 is 2.62 bits per heavy atom. The number of para-hydroxylation sites is 1. The van der Waals surface area contributed by atoms with Crippen LogP contribution in [0.4, 0.5) is 5.69 Å². The molecule has 1 saturated heterocycles. The van der Waals surface area contributed by atoms with Crippen molar-refractivity contribution in [2.45, 2.75) is 11.1 Å². The molecule has 0 unspecified atom stereocenters. The molecule has 0 bridgehead atoms. The highest BCUT2D eigenvalue weighted by Crippen LogP contribution is 2.45. The average Bonchev–Trinajstić information content (AvgIpc) is 3.37. The standard InChI is InChI=1S/C19H18N4OS2/c24-18(14-5-7-15(8-6-14)19-25-9-10-26-19)22-17-4-2-1-3-16(17)11-23-13-20-12-21-23/h1-8,12-13,19H,9-11H2,(H,22,24). The molecule has 0 spiro atoms. The predicted octanol–water partition coefficient (Wildman–Crippen LogP) is 4.06. The van der Waals surface area contributed by atoms with Crippen molar-refractivity contribution >= 4 is 35.1 Å². The minimum absolute atomic E-state index is 0.102. The molecule has 0 atom stereocenters. The molecule has 1 amide bonds. The number of nitrogens with zero attached hydrogens (tertiary/aromatic N) is 3. The van der Waals surface area contributed by atoms with E-state index in [-0.39, 0.29) is 5.91 Å². The predicted molar refractivity (Wildman–Crippen MR) is 108 cm³/mol. The first-order chi connectivity index (χ1) is 12.8. The van der Waals surface area contributed by atoms with E-state index in [1.54, 1.807) is 11.0 Å². The fraction of sp³-hybridized carbons (Fsp3) is 0.211. The van der Waals surface area contributed by atoms with Gasteiger partial charge in [0.25, 0.3) is 5.91 Å². The van der Waals surface area contributed by atoms with E-state index in [2.05, 4.69) is 27.5 Å². The van der Waals surface area contributed by atoms with Gasteiger partial charge in [0.1, 0.15) is 12.7 Å². The van der Waals surface area contributed by atoms with Gasteiger partial charge in [-0.2, -0.15) is 5.10 Å². The van der Waals surface area contributed by atoms with Crippen molar-refractivity contribution in [2.24, 2.45) is 0 Å². The molecular formula is C19H18N4OS2. The van der Waals surface area contributed by atoms with Crippen molar-refractivity contribution in [3.8, 4) is 0 Å². The monoisotopic (exact) mass is 382 g/mol. The molecule has 3 aromatic rings. The van der Waals surface area contributed by atoms with Gasteiger partial charge in [0.15, 0.2) is 0 Å². The summed E-state index contributed by atoms with van der Waals surface area (Å²) >= 11 is 3.93. The van der Waals surface area contributed by atoms with Crippen LogP contribution in [0.2, 0.25) is 0 Å². The molecule has 1 fully saturated rings. The van der Waals surface area contributed by atoms with Crippen molar-refractivity contribution < 1.29 is 4.79 Å². The van der Waals surface area contributed by atoms with Crippen molar-refractivity contribution in [2.75, 3.05) is 16.8 Å². The molecule has 1 aliphatic heterocycles. The Kier molecular flexibility index (Phi) is 5.26. The largest absolute Gasteiger partial charge is 0.322 e. The number of carbonyl (C=O) groups is 1. The minimum atomic E-state index is -0.102. The lowest BCUT2D eigenvalue weighted by atomic mass is 10.1. The fourth-order valence-electron chi connectivity index (χ4n) is 2.81. The van der Waals surface area contributed by atoms with Crippen molar-refractivity contribution in [3.63, 3.8) is 0 Å². The summed E-state index contributed by atoms with van der Waals surface area (Å²) in [6, 6.07) is 15.7. The van der Waals surface area contributed by atoms with Gasteiger partial charge in [-0.1, -0.05) is 30.3 Å². The normalized spacial score (nSPS) is 14.5. The van der Waals surface area contributed by atoms with Crippen LogP contribution in [-0.2, 0) is 6.54 Å². The maximum Gasteiger partial charge on any atom is 0.255 e. The molecule has 4 rings (SSSR count). The highest BCUT2D eigenvalue weighted by molar-refractivity contribution is 8.19. The SMILES string of the molecule is O=C(Nc1ccccc1Cn1cncn1)c1ccc(C2SCCS2)cc1. The van der Waals surface area contributed by atoms with Crippen LogP contribution in [0.1, 0.15) is 26.1 Å². The summed E-state index contributed by atoms with van der Waals surface area (Å²) in [5.74, 6) is 2.29. The first-order valence-electron chi connectivity index (χ1n) is 8.34. The van der Waals surface area contributed by atoms with E-state index >= 15 is 0 Å². The minimum Gasteiger partial charge on any atom is -0.322 e. The van der Waals surface area contributed by atoms with Gasteiger partial charge in [0.2, 0.25) is 0 Å². The number of amides is 1. The summed E-state index contributed by atoms with van der Waals surface area (Å²) in [7, 11) is 0. The molecule has 26 heavy (non-hydrogen) atoms. The van der Waals surface area contributed by atoms with E-state index in [0.29, 0.717) is 16.7 Å². The Bertz CT molecular complexity index is 875. The quantitative estimate of drug-likeness (QED) is 0.721. The second-order valence-electron chi connectivity index (χ2n) is 5.90. The number of thioether (sulfide) groups is 2. The zero-order valence-corrected chi connectivity index (χ0v) is 15.7. The second-order valence-corrected chi connectivity index (χ2v) is 8.62. The van der Waals surface area contributed by atoms with Gasteiger partial charge in [-0.25, -0.2) is 9.67 Å². The molecule has 2 heterocycles. The fourth-order valence-corrected chi connectivity index (χ4v) is 5.67. The van der Waals surface area contributed by atoms with Crippen LogP contribution in [0.5, 0.6) is 0 Å². The molecule has 0 saturated carbocycles. The number of nitrogens with one attached hydrogen (secondary N) is 1. The first kappa shape index (κ1) is 17.2. The molecule has 1 aliphatic rings. The maximum absolute atomic E-state index is 12.6. The Hall–Kier alpha value is -2.25. The van der Waals surface area contributed by atoms with Crippen molar-refractivity contribution in [1.82, 2.24) is 14.8 Å². The Morgan fingerprint density at radius 2 is 1.88 bits per heavy atom. The van der Waals surface area contributed by atoms with Crippen molar-refractivity contribution in [1.29, 1.82) is 0 Å². The molecule has 132 valence electrons. The van der Waals surface area contributed by atoms with Crippen LogP contribution >= 0.6 is 23.5 Å². The molecular weight excluding hydrogens is 364 g/mol. The van der Waals surface area contributed by atoms with Crippen molar-refractivity contribution in [3.05, 3.63) is 77.9 Å². The van der Waals surface area contributed by atoms with Crippen LogP contribution in [-0.4, -0.2) is 32.2 Å². The Balaban J connectivity index is 1.48. The highest BCUT2D eigenvalue weighted by Gasteiger charge is 2.18. The van der Waals surface area contributed by atoms with Gasteiger partial charge in [0.05, 0.1) is 11.1 Å². The van der Waals surface area contributed by atoms with Gasteiger partial charge >= 0.3 is 0 Å². The van der Waals surface area contributed by atoms with E-state index in [9.17, 15) is 4.79 Å². The van der Waals surface area contributed by atoms with E-state index < -0.39 is 0 Å². The molecule has 7 heteroatoms. The van der Waals surface area contributed by atoms with E-state index in [4.69, 9.17) is 0 Å². The third kappa shape index (κ3) is 3.94. The molecule has 0 aliphatic carbocycles. The number of hydrogen-bond acceptors (Lipinski definition) is 5. The van der Waals surface area contributed by atoms with Gasteiger partial charge in [-0.05, 0) is 29.3 Å². The summed E-state index contributed by atoms with van der Waals surface area (Å²) in [6.45, 7) is 0.561. The summed E-state index contributed by atoms with van der Waals surface area (Å²) < 4.78 is 2.23. The topological polar surface area (TPSA) is 59.8 Å². The molecule has 1 aromatic heterocycles.